The number of anilines is 1. The SMILES string of the molecule is CC(=O)N1CCN(C(=O)CCN(c2ccccc2C#N)S(C)(=O)=O)CC1. The number of hydrogen-bond donors (Lipinski definition) is 0. The molecule has 0 saturated carbocycles. The molecule has 0 aliphatic carbocycles. The Morgan fingerprint density at radius 2 is 1.73 bits per heavy atom. The highest BCUT2D eigenvalue weighted by atomic mass is 32.2. The van der Waals surface area contributed by atoms with Crippen LogP contribution in [0, 0.1) is 11.3 Å². The van der Waals surface area contributed by atoms with Crippen LogP contribution in [0.15, 0.2) is 24.3 Å². The predicted octanol–water partition coefficient (Wildman–Crippen LogP) is 0.405. The van der Waals surface area contributed by atoms with Gasteiger partial charge in [0.15, 0.2) is 0 Å². The molecule has 1 aromatic carbocycles. The van der Waals surface area contributed by atoms with E-state index in [1.54, 1.807) is 28.0 Å². The maximum Gasteiger partial charge on any atom is 0.232 e. The molecule has 0 bridgehead atoms. The monoisotopic (exact) mass is 378 g/mol. The molecule has 140 valence electrons. The van der Waals surface area contributed by atoms with Crippen LogP contribution < -0.4 is 4.31 Å². The lowest BCUT2D eigenvalue weighted by molar-refractivity contribution is -0.138. The first-order chi connectivity index (χ1) is 12.2. The Kier molecular flexibility index (Phi) is 6.21. The van der Waals surface area contributed by atoms with Gasteiger partial charge in [-0.1, -0.05) is 12.1 Å². The molecule has 8 nitrogen and oxygen atoms in total. The Labute approximate surface area is 153 Å². The number of benzene rings is 1. The molecule has 1 fully saturated rings. The van der Waals surface area contributed by atoms with Crippen LogP contribution in [-0.2, 0) is 19.6 Å². The lowest BCUT2D eigenvalue weighted by Crippen LogP contribution is -2.50. The van der Waals surface area contributed by atoms with E-state index in [0.29, 0.717) is 26.2 Å². The molecule has 0 unspecified atom stereocenters. The Morgan fingerprint density at radius 1 is 1.15 bits per heavy atom. The van der Waals surface area contributed by atoms with Crippen LogP contribution in [0.25, 0.3) is 0 Å². The van der Waals surface area contributed by atoms with E-state index in [9.17, 15) is 23.3 Å². The van der Waals surface area contributed by atoms with Crippen LogP contribution >= 0.6 is 0 Å². The van der Waals surface area contributed by atoms with Gasteiger partial charge in [-0.2, -0.15) is 5.26 Å². The lowest BCUT2D eigenvalue weighted by atomic mass is 10.2. The minimum Gasteiger partial charge on any atom is -0.339 e. The molecule has 0 atom stereocenters. The standard InChI is InChI=1S/C17H22N4O4S/c1-14(22)19-9-11-20(12-10-19)17(23)7-8-21(26(2,24)25)16-6-4-3-5-15(16)13-18/h3-6H,7-12H2,1-2H3. The molecule has 1 saturated heterocycles. The number of nitrogens with zero attached hydrogens (tertiary/aromatic N) is 4. The summed E-state index contributed by atoms with van der Waals surface area (Å²) in [5.74, 6) is -0.190. The Hall–Kier alpha value is -2.60. The summed E-state index contributed by atoms with van der Waals surface area (Å²) in [6.45, 7) is 3.29. The van der Waals surface area contributed by atoms with Gasteiger partial charge in [0, 0.05) is 46.1 Å². The van der Waals surface area contributed by atoms with Crippen LogP contribution in [-0.4, -0.2) is 69.0 Å². The van der Waals surface area contributed by atoms with Crippen molar-refractivity contribution in [2.45, 2.75) is 13.3 Å². The topological polar surface area (TPSA) is 102 Å². The maximum absolute atomic E-state index is 12.4. The molecule has 2 amide bonds. The first kappa shape index (κ1) is 19.7. The Balaban J connectivity index is 2.06. The molecule has 1 aromatic rings. The number of piperazine rings is 1. The van der Waals surface area contributed by atoms with Crippen LogP contribution in [0.4, 0.5) is 5.69 Å². The summed E-state index contributed by atoms with van der Waals surface area (Å²) in [7, 11) is -3.64. The molecule has 2 rings (SSSR count). The molecule has 0 spiro atoms. The van der Waals surface area contributed by atoms with E-state index in [0.717, 1.165) is 10.6 Å². The van der Waals surface area contributed by atoms with Crippen molar-refractivity contribution in [1.29, 1.82) is 5.26 Å². The van der Waals surface area contributed by atoms with Crippen molar-refractivity contribution in [2.24, 2.45) is 0 Å². The predicted molar refractivity (Wildman–Crippen MR) is 96.8 cm³/mol. The molecule has 0 N–H and O–H groups in total. The normalized spacial score (nSPS) is 14.7. The molecular weight excluding hydrogens is 356 g/mol. The Bertz CT molecular complexity index is 823. The van der Waals surface area contributed by atoms with Gasteiger partial charge in [-0.25, -0.2) is 8.42 Å². The average molecular weight is 378 g/mol. The number of sulfonamides is 1. The number of amides is 2. The molecule has 1 heterocycles. The van der Waals surface area contributed by atoms with Gasteiger partial charge >= 0.3 is 0 Å². The van der Waals surface area contributed by atoms with Crippen molar-refractivity contribution in [3.63, 3.8) is 0 Å². The second-order valence-corrected chi connectivity index (χ2v) is 8.01. The highest BCUT2D eigenvalue weighted by Gasteiger charge is 2.25. The minimum atomic E-state index is -3.64. The molecule has 9 heteroatoms. The number of rotatable bonds is 5. The second-order valence-electron chi connectivity index (χ2n) is 6.10. The smallest absolute Gasteiger partial charge is 0.232 e. The molecule has 1 aliphatic heterocycles. The van der Waals surface area contributed by atoms with Crippen LogP contribution in [0.5, 0.6) is 0 Å². The third-order valence-electron chi connectivity index (χ3n) is 4.30. The number of carbonyl (C=O) groups is 2. The number of carbonyl (C=O) groups excluding carboxylic acids is 2. The van der Waals surface area contributed by atoms with Crippen molar-refractivity contribution in [2.75, 3.05) is 43.3 Å². The van der Waals surface area contributed by atoms with Crippen molar-refractivity contribution < 1.29 is 18.0 Å². The summed E-state index contributed by atoms with van der Waals surface area (Å²) in [5.41, 5.74) is 0.507. The summed E-state index contributed by atoms with van der Waals surface area (Å²) >= 11 is 0. The van der Waals surface area contributed by atoms with Gasteiger partial charge < -0.3 is 9.80 Å². The summed E-state index contributed by atoms with van der Waals surface area (Å²) < 4.78 is 25.4. The maximum atomic E-state index is 12.4. The van der Waals surface area contributed by atoms with Crippen molar-refractivity contribution >= 4 is 27.5 Å². The lowest BCUT2D eigenvalue weighted by Gasteiger charge is -2.34. The van der Waals surface area contributed by atoms with Crippen molar-refractivity contribution in [3.8, 4) is 6.07 Å². The van der Waals surface area contributed by atoms with Gasteiger partial charge in [0.2, 0.25) is 21.8 Å². The first-order valence-corrected chi connectivity index (χ1v) is 10.1. The summed E-state index contributed by atoms with van der Waals surface area (Å²) in [6.07, 6.45) is 1.06. The third kappa shape index (κ3) is 4.73. The number of hydrogen-bond acceptors (Lipinski definition) is 5. The van der Waals surface area contributed by atoms with Gasteiger partial charge in [-0.15, -0.1) is 0 Å². The summed E-state index contributed by atoms with van der Waals surface area (Å²) in [6, 6.07) is 8.37. The molecule has 0 radical (unpaired) electrons. The zero-order valence-electron chi connectivity index (χ0n) is 14.9. The highest BCUT2D eigenvalue weighted by Crippen LogP contribution is 2.22. The Morgan fingerprint density at radius 3 is 2.27 bits per heavy atom. The molecule has 26 heavy (non-hydrogen) atoms. The van der Waals surface area contributed by atoms with E-state index in [1.165, 1.54) is 13.0 Å². The van der Waals surface area contributed by atoms with E-state index in [2.05, 4.69) is 0 Å². The van der Waals surface area contributed by atoms with Gasteiger partial charge in [0.25, 0.3) is 0 Å². The second kappa shape index (κ2) is 8.19. The van der Waals surface area contributed by atoms with Gasteiger partial charge in [0.1, 0.15) is 6.07 Å². The van der Waals surface area contributed by atoms with Gasteiger partial charge in [-0.05, 0) is 12.1 Å². The number of nitriles is 1. The van der Waals surface area contributed by atoms with Crippen molar-refractivity contribution in [3.05, 3.63) is 29.8 Å². The molecule has 1 aliphatic rings. The average Bonchev–Trinajstić information content (AvgIpc) is 2.61. The zero-order valence-corrected chi connectivity index (χ0v) is 15.7. The molecular formula is C17H22N4O4S. The largest absolute Gasteiger partial charge is 0.339 e. The fourth-order valence-corrected chi connectivity index (χ4v) is 3.82. The van der Waals surface area contributed by atoms with Gasteiger partial charge in [0.05, 0.1) is 17.5 Å². The number of para-hydroxylation sites is 1. The highest BCUT2D eigenvalue weighted by molar-refractivity contribution is 7.92. The van der Waals surface area contributed by atoms with Crippen LogP contribution in [0.3, 0.4) is 0 Å². The van der Waals surface area contributed by atoms with Crippen LogP contribution in [0.2, 0.25) is 0 Å². The van der Waals surface area contributed by atoms with Crippen LogP contribution in [0.1, 0.15) is 18.9 Å². The van der Waals surface area contributed by atoms with E-state index >= 15 is 0 Å². The summed E-state index contributed by atoms with van der Waals surface area (Å²) in [4.78, 5) is 27.1. The van der Waals surface area contributed by atoms with E-state index in [4.69, 9.17) is 0 Å². The zero-order chi connectivity index (χ0) is 19.3. The van der Waals surface area contributed by atoms with E-state index in [-0.39, 0.29) is 36.0 Å². The summed E-state index contributed by atoms with van der Waals surface area (Å²) in [5, 5.41) is 9.21. The first-order valence-electron chi connectivity index (χ1n) is 8.24. The van der Waals surface area contributed by atoms with E-state index in [1.807, 2.05) is 6.07 Å². The van der Waals surface area contributed by atoms with Crippen molar-refractivity contribution in [1.82, 2.24) is 9.80 Å². The van der Waals surface area contributed by atoms with Gasteiger partial charge in [-0.3, -0.25) is 13.9 Å². The van der Waals surface area contributed by atoms with E-state index < -0.39 is 10.0 Å². The third-order valence-corrected chi connectivity index (χ3v) is 5.48. The fourth-order valence-electron chi connectivity index (χ4n) is 2.88. The molecule has 0 aromatic heterocycles. The fraction of sp³-hybridized carbons (Fsp3) is 0.471. The quantitative estimate of drug-likeness (QED) is 0.738. The minimum absolute atomic E-state index is 0.00685.